The van der Waals surface area contributed by atoms with Crippen molar-refractivity contribution in [3.05, 3.63) is 33.9 Å². The molecule has 1 N–H and O–H groups in total. The Morgan fingerprint density at radius 3 is 2.40 bits per heavy atom. The zero-order chi connectivity index (χ0) is 15.7. The van der Waals surface area contributed by atoms with Gasteiger partial charge in [0, 0.05) is 13.1 Å². The van der Waals surface area contributed by atoms with Crippen LogP contribution in [0.3, 0.4) is 0 Å². The summed E-state index contributed by atoms with van der Waals surface area (Å²) in [5.74, 6) is -1.25. The number of rotatable bonds is 4. The van der Waals surface area contributed by atoms with Crippen molar-refractivity contribution in [2.45, 2.75) is 19.1 Å². The molecule has 0 fully saturated rings. The maximum absolute atomic E-state index is 12.5. The van der Waals surface area contributed by atoms with E-state index in [9.17, 15) is 28.1 Å². The van der Waals surface area contributed by atoms with E-state index in [4.69, 9.17) is 5.11 Å². The molecule has 0 aliphatic rings. The van der Waals surface area contributed by atoms with Gasteiger partial charge in [0.25, 0.3) is 5.69 Å². The molecule has 0 radical (unpaired) electrons. The molecule has 20 heavy (non-hydrogen) atoms. The van der Waals surface area contributed by atoms with Crippen LogP contribution >= 0.6 is 0 Å². The van der Waals surface area contributed by atoms with E-state index in [0.29, 0.717) is 12.1 Å². The van der Waals surface area contributed by atoms with Gasteiger partial charge in [0.05, 0.1) is 10.5 Å². The summed E-state index contributed by atoms with van der Waals surface area (Å²) in [7, 11) is 1.26. The van der Waals surface area contributed by atoms with Crippen LogP contribution in [0.15, 0.2) is 18.2 Å². The number of aliphatic carboxylic acids is 1. The minimum absolute atomic E-state index is 0.196. The van der Waals surface area contributed by atoms with Crippen LogP contribution in [-0.4, -0.2) is 29.1 Å². The number of nitrogens with zero attached hydrogens (tertiary/aromatic N) is 2. The van der Waals surface area contributed by atoms with Crippen LogP contribution in [0.25, 0.3) is 0 Å². The minimum Gasteiger partial charge on any atom is -0.480 e. The molecule has 0 aromatic heterocycles. The van der Waals surface area contributed by atoms with Crippen LogP contribution in [0.4, 0.5) is 24.5 Å². The fourth-order valence-corrected chi connectivity index (χ4v) is 1.52. The molecule has 1 unspecified atom stereocenters. The Balaban J connectivity index is 3.34. The average molecular weight is 292 g/mol. The van der Waals surface area contributed by atoms with Gasteiger partial charge in [0.2, 0.25) is 0 Å². The van der Waals surface area contributed by atoms with E-state index in [-0.39, 0.29) is 5.69 Å². The topological polar surface area (TPSA) is 83.7 Å². The molecule has 0 spiro atoms. The van der Waals surface area contributed by atoms with Crippen molar-refractivity contribution in [2.75, 3.05) is 11.9 Å². The lowest BCUT2D eigenvalue weighted by atomic mass is 10.1. The van der Waals surface area contributed by atoms with Crippen LogP contribution in [0.2, 0.25) is 0 Å². The van der Waals surface area contributed by atoms with E-state index in [2.05, 4.69) is 0 Å². The standard InChI is InChI=1S/C11H11F3N2O4/c1-6(10(17)18)15(2)8-4-3-7(11(12,13)14)5-9(8)16(19)20/h3-6H,1-2H3,(H,17,18). The number of benzene rings is 1. The van der Waals surface area contributed by atoms with Crippen molar-refractivity contribution < 1.29 is 28.0 Å². The molecular weight excluding hydrogens is 281 g/mol. The molecule has 0 aliphatic carbocycles. The van der Waals surface area contributed by atoms with Gasteiger partial charge in [0.15, 0.2) is 0 Å². The molecular formula is C11H11F3N2O4. The smallest absolute Gasteiger partial charge is 0.416 e. The van der Waals surface area contributed by atoms with Crippen molar-refractivity contribution in [1.82, 2.24) is 0 Å². The molecule has 0 amide bonds. The first-order valence-corrected chi connectivity index (χ1v) is 5.37. The third-order valence-electron chi connectivity index (χ3n) is 2.82. The van der Waals surface area contributed by atoms with Gasteiger partial charge in [-0.05, 0) is 19.1 Å². The summed E-state index contributed by atoms with van der Waals surface area (Å²) in [5.41, 5.74) is -2.15. The SMILES string of the molecule is CC(C(=O)O)N(C)c1ccc(C(F)(F)F)cc1[N+](=O)[O-]. The first-order valence-electron chi connectivity index (χ1n) is 5.37. The zero-order valence-corrected chi connectivity index (χ0v) is 10.5. The van der Waals surface area contributed by atoms with Crippen molar-refractivity contribution in [3.63, 3.8) is 0 Å². The monoisotopic (exact) mass is 292 g/mol. The highest BCUT2D eigenvalue weighted by Crippen LogP contribution is 2.36. The van der Waals surface area contributed by atoms with Gasteiger partial charge in [-0.1, -0.05) is 0 Å². The second-order valence-electron chi connectivity index (χ2n) is 4.08. The summed E-state index contributed by atoms with van der Waals surface area (Å²) in [5, 5.41) is 19.7. The van der Waals surface area contributed by atoms with E-state index in [0.717, 1.165) is 11.0 Å². The molecule has 0 aliphatic heterocycles. The third kappa shape index (κ3) is 3.16. The lowest BCUT2D eigenvalue weighted by Crippen LogP contribution is -2.36. The molecule has 1 aromatic rings. The minimum atomic E-state index is -4.71. The van der Waals surface area contributed by atoms with Gasteiger partial charge in [-0.2, -0.15) is 13.2 Å². The molecule has 9 heteroatoms. The van der Waals surface area contributed by atoms with E-state index in [1.165, 1.54) is 14.0 Å². The van der Waals surface area contributed by atoms with E-state index in [1.807, 2.05) is 0 Å². The van der Waals surface area contributed by atoms with Gasteiger partial charge in [-0.3, -0.25) is 10.1 Å². The molecule has 0 bridgehead atoms. The number of carboxylic acids is 1. The maximum atomic E-state index is 12.5. The molecule has 0 heterocycles. The first-order chi connectivity index (χ1) is 9.05. The van der Waals surface area contributed by atoms with Crippen molar-refractivity contribution in [1.29, 1.82) is 0 Å². The lowest BCUT2D eigenvalue weighted by Gasteiger charge is -2.23. The number of carbonyl (C=O) groups is 1. The van der Waals surface area contributed by atoms with Crippen LogP contribution < -0.4 is 4.90 Å². The van der Waals surface area contributed by atoms with Gasteiger partial charge in [-0.15, -0.1) is 0 Å². The Kier molecular flexibility index (Phi) is 4.21. The average Bonchev–Trinajstić information content (AvgIpc) is 2.34. The fraction of sp³-hybridized carbons (Fsp3) is 0.364. The number of alkyl halides is 3. The quantitative estimate of drug-likeness (QED) is 0.681. The van der Waals surface area contributed by atoms with E-state index in [1.54, 1.807) is 0 Å². The molecule has 110 valence electrons. The van der Waals surface area contributed by atoms with Crippen molar-refractivity contribution >= 4 is 17.3 Å². The number of anilines is 1. The molecule has 6 nitrogen and oxygen atoms in total. The van der Waals surface area contributed by atoms with Gasteiger partial charge < -0.3 is 10.0 Å². The Labute approximate surface area is 111 Å². The summed E-state index contributed by atoms with van der Waals surface area (Å²) in [6, 6.07) is 0.833. The van der Waals surface area contributed by atoms with Gasteiger partial charge in [-0.25, -0.2) is 4.79 Å². The largest absolute Gasteiger partial charge is 0.480 e. The second-order valence-corrected chi connectivity index (χ2v) is 4.08. The number of carboxylic acid groups (broad SMARTS) is 1. The van der Waals surface area contributed by atoms with Crippen molar-refractivity contribution in [3.8, 4) is 0 Å². The fourth-order valence-electron chi connectivity index (χ4n) is 1.52. The Morgan fingerprint density at radius 1 is 1.45 bits per heavy atom. The predicted octanol–water partition coefficient (Wildman–Crippen LogP) is 2.52. The summed E-state index contributed by atoms with van der Waals surface area (Å²) in [6.45, 7) is 1.27. The molecule has 1 atom stereocenters. The van der Waals surface area contributed by atoms with Crippen LogP contribution in [0.1, 0.15) is 12.5 Å². The summed E-state index contributed by atoms with van der Waals surface area (Å²) >= 11 is 0. The number of hydrogen-bond donors (Lipinski definition) is 1. The summed E-state index contributed by atoms with van der Waals surface area (Å²) in [4.78, 5) is 21.7. The van der Waals surface area contributed by atoms with Gasteiger partial charge in [0.1, 0.15) is 11.7 Å². The normalized spacial score (nSPS) is 12.8. The Bertz CT molecular complexity index is 545. The van der Waals surface area contributed by atoms with Gasteiger partial charge >= 0.3 is 12.1 Å². The van der Waals surface area contributed by atoms with Crippen LogP contribution in [0, 0.1) is 10.1 Å². The lowest BCUT2D eigenvalue weighted by molar-refractivity contribution is -0.384. The number of likely N-dealkylation sites (N-methyl/N-ethyl adjacent to an activating group) is 1. The molecule has 1 rings (SSSR count). The highest BCUT2D eigenvalue weighted by molar-refractivity contribution is 5.79. The van der Waals surface area contributed by atoms with E-state index < -0.39 is 34.4 Å². The maximum Gasteiger partial charge on any atom is 0.416 e. The number of halogens is 3. The summed E-state index contributed by atoms with van der Waals surface area (Å²) < 4.78 is 37.6. The highest BCUT2D eigenvalue weighted by Gasteiger charge is 2.34. The second kappa shape index (κ2) is 5.35. The number of hydrogen-bond acceptors (Lipinski definition) is 4. The first kappa shape index (κ1) is 15.7. The Morgan fingerprint density at radius 2 is 2.00 bits per heavy atom. The molecule has 0 saturated carbocycles. The third-order valence-corrected chi connectivity index (χ3v) is 2.82. The highest BCUT2D eigenvalue weighted by atomic mass is 19.4. The Hall–Kier alpha value is -2.32. The van der Waals surface area contributed by atoms with Crippen LogP contribution in [-0.2, 0) is 11.0 Å². The number of nitro benzene ring substituents is 1. The molecule has 0 saturated heterocycles. The zero-order valence-electron chi connectivity index (χ0n) is 10.5. The van der Waals surface area contributed by atoms with Crippen LogP contribution in [0.5, 0.6) is 0 Å². The summed E-state index contributed by atoms with van der Waals surface area (Å²) in [6.07, 6.45) is -4.71. The van der Waals surface area contributed by atoms with Crippen molar-refractivity contribution in [2.24, 2.45) is 0 Å². The van der Waals surface area contributed by atoms with E-state index >= 15 is 0 Å². The molecule has 1 aromatic carbocycles. The predicted molar refractivity (Wildman–Crippen MR) is 63.6 cm³/mol. The number of nitro groups is 1.